The summed E-state index contributed by atoms with van der Waals surface area (Å²) in [5.74, 6) is 0.519. The average molecular weight is 223 g/mol. The molecule has 0 aromatic carbocycles. The lowest BCUT2D eigenvalue weighted by molar-refractivity contribution is 0.140. The van der Waals surface area contributed by atoms with Crippen LogP contribution >= 0.6 is 0 Å². The highest BCUT2D eigenvalue weighted by Crippen LogP contribution is 2.24. The fourth-order valence-electron chi connectivity index (χ4n) is 2.29. The molecule has 0 fully saturated rings. The first-order chi connectivity index (χ1) is 7.72. The van der Waals surface area contributed by atoms with E-state index in [1.807, 2.05) is 0 Å². The third-order valence-electron chi connectivity index (χ3n) is 3.20. The van der Waals surface area contributed by atoms with Gasteiger partial charge in [0, 0.05) is 26.7 Å². The highest BCUT2D eigenvalue weighted by Gasteiger charge is 2.22. The van der Waals surface area contributed by atoms with Crippen LogP contribution in [0, 0.1) is 0 Å². The Morgan fingerprint density at radius 2 is 2.31 bits per heavy atom. The van der Waals surface area contributed by atoms with Gasteiger partial charge in [-0.3, -0.25) is 10.00 Å². The maximum absolute atomic E-state index is 5.11. The van der Waals surface area contributed by atoms with E-state index in [0.29, 0.717) is 5.92 Å². The number of hydrogen-bond acceptors (Lipinski definition) is 3. The summed E-state index contributed by atoms with van der Waals surface area (Å²) in [6, 6.07) is 0. The second kappa shape index (κ2) is 4.97. The minimum absolute atomic E-state index is 0.519. The van der Waals surface area contributed by atoms with Crippen molar-refractivity contribution in [3.63, 3.8) is 0 Å². The van der Waals surface area contributed by atoms with Gasteiger partial charge in [-0.15, -0.1) is 0 Å². The zero-order chi connectivity index (χ0) is 11.5. The first-order valence-electron chi connectivity index (χ1n) is 5.99. The van der Waals surface area contributed by atoms with Crippen LogP contribution in [-0.2, 0) is 17.7 Å². The number of aromatic nitrogens is 2. The zero-order valence-corrected chi connectivity index (χ0v) is 10.4. The molecule has 0 atom stereocenters. The number of hydrogen-bond donors (Lipinski definition) is 1. The summed E-state index contributed by atoms with van der Waals surface area (Å²) in [6.45, 7) is 8.32. The van der Waals surface area contributed by atoms with Gasteiger partial charge in [-0.2, -0.15) is 5.10 Å². The van der Waals surface area contributed by atoms with Crippen molar-refractivity contribution in [2.45, 2.75) is 32.7 Å². The molecule has 0 radical (unpaired) electrons. The minimum Gasteiger partial charge on any atom is -0.383 e. The third kappa shape index (κ3) is 2.28. The summed E-state index contributed by atoms with van der Waals surface area (Å²) in [5, 5.41) is 7.61. The molecule has 0 unspecified atom stereocenters. The molecule has 0 aliphatic carbocycles. The third-order valence-corrected chi connectivity index (χ3v) is 3.20. The van der Waals surface area contributed by atoms with Crippen LogP contribution in [-0.4, -0.2) is 41.9 Å². The number of fused-ring (bicyclic) bond motifs is 1. The molecule has 1 aromatic heterocycles. The topological polar surface area (TPSA) is 41.1 Å². The van der Waals surface area contributed by atoms with Crippen LogP contribution in [0.2, 0.25) is 0 Å². The number of H-pyrrole nitrogens is 1. The second-order valence-corrected chi connectivity index (χ2v) is 4.74. The number of ether oxygens (including phenoxy) is 1. The van der Waals surface area contributed by atoms with Crippen molar-refractivity contribution in [1.82, 2.24) is 15.1 Å². The molecule has 90 valence electrons. The van der Waals surface area contributed by atoms with E-state index >= 15 is 0 Å². The first kappa shape index (κ1) is 11.6. The van der Waals surface area contributed by atoms with Crippen LogP contribution in [0.1, 0.15) is 36.7 Å². The van der Waals surface area contributed by atoms with Crippen molar-refractivity contribution in [2.24, 2.45) is 0 Å². The maximum Gasteiger partial charge on any atom is 0.0683 e. The molecule has 1 aromatic rings. The van der Waals surface area contributed by atoms with E-state index in [-0.39, 0.29) is 0 Å². The Kier molecular flexibility index (Phi) is 3.61. The Morgan fingerprint density at radius 1 is 1.50 bits per heavy atom. The summed E-state index contributed by atoms with van der Waals surface area (Å²) in [5.41, 5.74) is 4.00. The van der Waals surface area contributed by atoms with Gasteiger partial charge in [-0.05, 0) is 17.9 Å². The average Bonchev–Trinajstić information content (AvgIpc) is 2.69. The molecule has 16 heavy (non-hydrogen) atoms. The lowest BCUT2D eigenvalue weighted by Crippen LogP contribution is -2.33. The Hall–Kier alpha value is -0.870. The van der Waals surface area contributed by atoms with Crippen molar-refractivity contribution < 1.29 is 4.74 Å². The van der Waals surface area contributed by atoms with Crippen molar-refractivity contribution in [1.29, 1.82) is 0 Å². The van der Waals surface area contributed by atoms with E-state index in [0.717, 1.165) is 32.7 Å². The van der Waals surface area contributed by atoms with E-state index in [1.54, 1.807) is 7.11 Å². The normalized spacial score (nSPS) is 16.8. The highest BCUT2D eigenvalue weighted by atomic mass is 16.5. The molecule has 1 aliphatic rings. The number of nitrogens with zero attached hydrogens (tertiary/aromatic N) is 2. The van der Waals surface area contributed by atoms with E-state index in [4.69, 9.17) is 4.74 Å². The van der Waals surface area contributed by atoms with Gasteiger partial charge in [0.05, 0.1) is 18.0 Å². The van der Waals surface area contributed by atoms with Crippen molar-refractivity contribution in [3.05, 3.63) is 17.0 Å². The number of rotatable bonds is 4. The highest BCUT2D eigenvalue weighted by molar-refractivity contribution is 5.29. The molecule has 2 rings (SSSR count). The summed E-state index contributed by atoms with van der Waals surface area (Å²) in [7, 11) is 1.75. The van der Waals surface area contributed by atoms with Gasteiger partial charge in [0.2, 0.25) is 0 Å². The molecule has 2 heterocycles. The van der Waals surface area contributed by atoms with Crippen molar-refractivity contribution in [3.8, 4) is 0 Å². The van der Waals surface area contributed by atoms with E-state index in [1.165, 1.54) is 17.0 Å². The SMILES string of the molecule is COCCN1CCc2c(C(C)C)n[nH]c2C1. The van der Waals surface area contributed by atoms with E-state index < -0.39 is 0 Å². The number of aromatic amines is 1. The fourth-order valence-corrected chi connectivity index (χ4v) is 2.29. The van der Waals surface area contributed by atoms with Gasteiger partial charge < -0.3 is 4.74 Å². The predicted molar refractivity (Wildman–Crippen MR) is 63.5 cm³/mol. The largest absolute Gasteiger partial charge is 0.383 e. The van der Waals surface area contributed by atoms with Crippen LogP contribution in [0.4, 0.5) is 0 Å². The smallest absolute Gasteiger partial charge is 0.0683 e. The van der Waals surface area contributed by atoms with Crippen molar-refractivity contribution >= 4 is 0 Å². The molecule has 0 amide bonds. The van der Waals surface area contributed by atoms with Gasteiger partial charge in [-0.1, -0.05) is 13.8 Å². The molecular weight excluding hydrogens is 202 g/mol. The molecule has 0 saturated carbocycles. The molecule has 4 heteroatoms. The lowest BCUT2D eigenvalue weighted by atomic mass is 9.98. The van der Waals surface area contributed by atoms with Crippen LogP contribution in [0.5, 0.6) is 0 Å². The van der Waals surface area contributed by atoms with Crippen LogP contribution < -0.4 is 0 Å². The predicted octanol–water partition coefficient (Wildman–Crippen LogP) is 1.54. The summed E-state index contributed by atoms with van der Waals surface area (Å²) >= 11 is 0. The molecule has 4 nitrogen and oxygen atoms in total. The van der Waals surface area contributed by atoms with Crippen LogP contribution in [0.25, 0.3) is 0 Å². The molecule has 0 spiro atoms. The van der Waals surface area contributed by atoms with Crippen molar-refractivity contribution in [2.75, 3.05) is 26.8 Å². The Labute approximate surface area is 97.0 Å². The Morgan fingerprint density at radius 3 is 3.00 bits per heavy atom. The molecule has 0 saturated heterocycles. The van der Waals surface area contributed by atoms with Crippen LogP contribution in [0.15, 0.2) is 0 Å². The summed E-state index contributed by atoms with van der Waals surface area (Å²) < 4.78 is 5.11. The zero-order valence-electron chi connectivity index (χ0n) is 10.4. The van der Waals surface area contributed by atoms with Crippen LogP contribution in [0.3, 0.4) is 0 Å². The minimum atomic E-state index is 0.519. The van der Waals surface area contributed by atoms with E-state index in [2.05, 4.69) is 28.9 Å². The van der Waals surface area contributed by atoms with Gasteiger partial charge in [-0.25, -0.2) is 0 Å². The fraction of sp³-hybridized carbons (Fsp3) is 0.750. The number of nitrogens with one attached hydrogen (secondary N) is 1. The van der Waals surface area contributed by atoms with Gasteiger partial charge in [0.1, 0.15) is 0 Å². The summed E-state index contributed by atoms with van der Waals surface area (Å²) in [4.78, 5) is 2.41. The van der Waals surface area contributed by atoms with E-state index in [9.17, 15) is 0 Å². The first-order valence-corrected chi connectivity index (χ1v) is 5.99. The quantitative estimate of drug-likeness (QED) is 0.841. The second-order valence-electron chi connectivity index (χ2n) is 4.74. The van der Waals surface area contributed by atoms with Gasteiger partial charge in [0.15, 0.2) is 0 Å². The monoisotopic (exact) mass is 223 g/mol. The Bertz CT molecular complexity index is 346. The lowest BCUT2D eigenvalue weighted by Gasteiger charge is -2.26. The standard InChI is InChI=1S/C12H21N3O/c1-9(2)12-10-4-5-15(6-7-16-3)8-11(10)13-14-12/h9H,4-8H2,1-3H3,(H,13,14). The van der Waals surface area contributed by atoms with Gasteiger partial charge in [0.25, 0.3) is 0 Å². The Balaban J connectivity index is 2.05. The van der Waals surface area contributed by atoms with Gasteiger partial charge >= 0.3 is 0 Å². The number of methoxy groups -OCH3 is 1. The summed E-state index contributed by atoms with van der Waals surface area (Å²) in [6.07, 6.45) is 1.11. The molecule has 1 N–H and O–H groups in total. The molecule has 0 bridgehead atoms. The molecule has 1 aliphatic heterocycles. The molecular formula is C12H21N3O. The maximum atomic E-state index is 5.11.